The average Bonchev–Trinajstić information content (AvgIpc) is 2.10. The van der Waals surface area contributed by atoms with E-state index in [9.17, 15) is 0 Å². The van der Waals surface area contributed by atoms with E-state index in [1.54, 1.807) is 0 Å². The molecule has 0 saturated carbocycles. The van der Waals surface area contributed by atoms with Crippen LogP contribution < -0.4 is 0 Å². The normalized spacial score (nSPS) is 9.00. The van der Waals surface area contributed by atoms with Crippen molar-refractivity contribution in [2.24, 2.45) is 0 Å². The Morgan fingerprint density at radius 1 is 0.429 bits per heavy atom. The van der Waals surface area contributed by atoms with Crippen LogP contribution in [0.1, 0.15) is 78.1 Å². The van der Waals surface area contributed by atoms with E-state index in [0.29, 0.717) is 0 Å². The fraction of sp³-hybridized carbons (Fsp3) is 1.00. The van der Waals surface area contributed by atoms with E-state index in [-0.39, 0.29) is 11.0 Å². The fourth-order valence-corrected chi connectivity index (χ4v) is 1.56. The van der Waals surface area contributed by atoms with Gasteiger partial charge < -0.3 is 11.0 Å². The van der Waals surface area contributed by atoms with Gasteiger partial charge in [0, 0.05) is 0 Å². The standard InChI is InChI=1S/C12H26.2H2O/c1-3-5-7-9-11-12-10-8-6-4-2;;/h3-12H2,1-2H3;2*1H2. The monoisotopic (exact) mass is 206 g/mol. The molecule has 14 heavy (non-hydrogen) atoms. The van der Waals surface area contributed by atoms with E-state index in [1.807, 2.05) is 0 Å². The second-order valence-electron chi connectivity index (χ2n) is 3.83. The Hall–Kier alpha value is -0.0800. The van der Waals surface area contributed by atoms with Gasteiger partial charge in [0.25, 0.3) is 0 Å². The van der Waals surface area contributed by atoms with Crippen LogP contribution in [0.2, 0.25) is 0 Å². The molecule has 0 aromatic heterocycles. The van der Waals surface area contributed by atoms with Crippen molar-refractivity contribution < 1.29 is 11.0 Å². The molecule has 0 aromatic carbocycles. The van der Waals surface area contributed by atoms with Crippen LogP contribution in [0.25, 0.3) is 0 Å². The van der Waals surface area contributed by atoms with E-state index in [1.165, 1.54) is 64.2 Å². The molecule has 0 atom stereocenters. The van der Waals surface area contributed by atoms with Crippen LogP contribution in [0.3, 0.4) is 0 Å². The van der Waals surface area contributed by atoms with Gasteiger partial charge in [-0.3, -0.25) is 0 Å². The van der Waals surface area contributed by atoms with Crippen LogP contribution in [0.5, 0.6) is 0 Å². The van der Waals surface area contributed by atoms with Crippen LogP contribution >= 0.6 is 0 Å². The van der Waals surface area contributed by atoms with Gasteiger partial charge in [0.2, 0.25) is 0 Å². The minimum atomic E-state index is 0. The average molecular weight is 206 g/mol. The van der Waals surface area contributed by atoms with E-state index in [4.69, 9.17) is 0 Å². The summed E-state index contributed by atoms with van der Waals surface area (Å²) in [6, 6.07) is 0. The van der Waals surface area contributed by atoms with Crippen molar-refractivity contribution in [2.45, 2.75) is 78.1 Å². The molecule has 0 saturated heterocycles. The summed E-state index contributed by atoms with van der Waals surface area (Å²) in [7, 11) is 0. The third kappa shape index (κ3) is 17.9. The first-order valence-electron chi connectivity index (χ1n) is 5.91. The highest BCUT2D eigenvalue weighted by Gasteiger charge is 1.90. The summed E-state index contributed by atoms with van der Waals surface area (Å²) >= 11 is 0. The first kappa shape index (κ1) is 19.5. The number of rotatable bonds is 9. The lowest BCUT2D eigenvalue weighted by Crippen LogP contribution is -1.80. The lowest BCUT2D eigenvalue weighted by Gasteiger charge is -1.99. The first-order valence-corrected chi connectivity index (χ1v) is 5.91. The molecule has 0 aliphatic heterocycles. The van der Waals surface area contributed by atoms with Gasteiger partial charge >= 0.3 is 0 Å². The number of unbranched alkanes of at least 4 members (excludes halogenated alkanes) is 9. The minimum Gasteiger partial charge on any atom is -0.412 e. The summed E-state index contributed by atoms with van der Waals surface area (Å²) in [5, 5.41) is 0. The maximum Gasteiger partial charge on any atom is -0.0533 e. The Morgan fingerprint density at radius 2 is 0.643 bits per heavy atom. The van der Waals surface area contributed by atoms with E-state index in [2.05, 4.69) is 13.8 Å². The zero-order chi connectivity index (χ0) is 9.07. The Labute approximate surface area is 89.7 Å². The molecule has 0 aliphatic carbocycles. The van der Waals surface area contributed by atoms with Crippen LogP contribution in [-0.2, 0) is 0 Å². The zero-order valence-electron chi connectivity index (χ0n) is 10.1. The Bertz CT molecular complexity index is 64.7. The highest BCUT2D eigenvalue weighted by atomic mass is 16.0. The maximum absolute atomic E-state index is 2.28. The molecule has 2 heteroatoms. The Balaban J connectivity index is -0.000000605. The zero-order valence-corrected chi connectivity index (χ0v) is 10.1. The van der Waals surface area contributed by atoms with Gasteiger partial charge in [-0.1, -0.05) is 78.1 Å². The predicted molar refractivity (Wildman–Crippen MR) is 64.7 cm³/mol. The molecule has 0 spiro atoms. The lowest BCUT2D eigenvalue weighted by molar-refractivity contribution is 0.562. The van der Waals surface area contributed by atoms with Gasteiger partial charge in [-0.25, -0.2) is 0 Å². The molecule has 0 fully saturated rings. The minimum absolute atomic E-state index is 0. The highest BCUT2D eigenvalue weighted by molar-refractivity contribution is 4.45. The quantitative estimate of drug-likeness (QED) is 0.520. The summed E-state index contributed by atoms with van der Waals surface area (Å²) < 4.78 is 0. The Morgan fingerprint density at radius 3 is 0.857 bits per heavy atom. The summed E-state index contributed by atoms with van der Waals surface area (Å²) in [6.07, 6.45) is 14.4. The third-order valence-corrected chi connectivity index (χ3v) is 2.46. The third-order valence-electron chi connectivity index (χ3n) is 2.46. The van der Waals surface area contributed by atoms with Crippen molar-refractivity contribution in [1.29, 1.82) is 0 Å². The molecular weight excluding hydrogens is 176 g/mol. The molecule has 0 heterocycles. The number of hydrogen-bond acceptors (Lipinski definition) is 0. The molecular formula is C12H30O2. The maximum atomic E-state index is 2.28. The van der Waals surface area contributed by atoms with E-state index in [0.717, 1.165) is 0 Å². The van der Waals surface area contributed by atoms with Gasteiger partial charge in [-0.15, -0.1) is 0 Å². The highest BCUT2D eigenvalue weighted by Crippen LogP contribution is 2.09. The predicted octanol–water partition coefficient (Wildman–Crippen LogP) is 3.28. The molecule has 0 amide bonds. The SMILES string of the molecule is CCCCCCCCCCCC.O.O. The van der Waals surface area contributed by atoms with Crippen LogP contribution in [0, 0.1) is 0 Å². The van der Waals surface area contributed by atoms with Crippen molar-refractivity contribution in [3.05, 3.63) is 0 Å². The molecule has 4 N–H and O–H groups in total. The molecule has 0 radical (unpaired) electrons. The smallest absolute Gasteiger partial charge is 0.0533 e. The van der Waals surface area contributed by atoms with Crippen molar-refractivity contribution in [3.63, 3.8) is 0 Å². The van der Waals surface area contributed by atoms with Crippen molar-refractivity contribution >= 4 is 0 Å². The van der Waals surface area contributed by atoms with Crippen molar-refractivity contribution in [2.75, 3.05) is 0 Å². The fourth-order valence-electron chi connectivity index (χ4n) is 1.56. The van der Waals surface area contributed by atoms with Gasteiger partial charge in [-0.2, -0.15) is 0 Å². The van der Waals surface area contributed by atoms with E-state index >= 15 is 0 Å². The van der Waals surface area contributed by atoms with E-state index < -0.39 is 0 Å². The van der Waals surface area contributed by atoms with Crippen LogP contribution in [0.4, 0.5) is 0 Å². The first-order chi connectivity index (χ1) is 5.91. The summed E-state index contributed by atoms with van der Waals surface area (Å²) in [4.78, 5) is 0. The summed E-state index contributed by atoms with van der Waals surface area (Å²) in [5.74, 6) is 0. The summed E-state index contributed by atoms with van der Waals surface area (Å²) in [5.41, 5.74) is 0. The molecule has 0 unspecified atom stereocenters. The lowest BCUT2D eigenvalue weighted by atomic mass is 10.1. The molecule has 2 nitrogen and oxygen atoms in total. The van der Waals surface area contributed by atoms with Crippen molar-refractivity contribution in [3.8, 4) is 0 Å². The molecule has 0 bridgehead atoms. The summed E-state index contributed by atoms with van der Waals surface area (Å²) in [6.45, 7) is 4.56. The van der Waals surface area contributed by atoms with Gasteiger partial charge in [0.1, 0.15) is 0 Å². The largest absolute Gasteiger partial charge is 0.412 e. The molecule has 0 rings (SSSR count). The molecule has 0 aromatic rings. The van der Waals surface area contributed by atoms with Crippen LogP contribution in [0.15, 0.2) is 0 Å². The second-order valence-corrected chi connectivity index (χ2v) is 3.83. The topological polar surface area (TPSA) is 63.0 Å². The number of hydrogen-bond donors (Lipinski definition) is 0. The second kappa shape index (κ2) is 18.7. The Kier molecular flexibility index (Phi) is 26.0. The van der Waals surface area contributed by atoms with Gasteiger partial charge in [0.15, 0.2) is 0 Å². The van der Waals surface area contributed by atoms with Gasteiger partial charge in [0.05, 0.1) is 0 Å². The molecule has 0 aliphatic rings. The van der Waals surface area contributed by atoms with Gasteiger partial charge in [-0.05, 0) is 0 Å². The van der Waals surface area contributed by atoms with Crippen molar-refractivity contribution in [1.82, 2.24) is 0 Å². The molecule has 90 valence electrons. The van der Waals surface area contributed by atoms with Crippen LogP contribution in [-0.4, -0.2) is 11.0 Å².